The summed E-state index contributed by atoms with van der Waals surface area (Å²) in [5, 5.41) is 9.25. The summed E-state index contributed by atoms with van der Waals surface area (Å²) in [6.07, 6.45) is -4.63. The Bertz CT molecular complexity index is 819. The minimum Gasteiger partial charge on any atom is -0.478 e. The topological polar surface area (TPSA) is 40.5 Å². The number of alkyl halides is 3. The highest BCUT2D eigenvalue weighted by molar-refractivity contribution is 6.34. The fourth-order valence-electron chi connectivity index (χ4n) is 3.31. The molecule has 0 aliphatic carbocycles. The molecule has 0 aromatic heterocycles. The number of anilines is 1. The van der Waals surface area contributed by atoms with E-state index in [9.17, 15) is 18.0 Å². The van der Waals surface area contributed by atoms with Crippen LogP contribution < -0.4 is 4.90 Å². The summed E-state index contributed by atoms with van der Waals surface area (Å²) in [7, 11) is 0. The molecule has 1 atom stereocenters. The summed E-state index contributed by atoms with van der Waals surface area (Å²) >= 11 is 11.8. The largest absolute Gasteiger partial charge is 0.478 e. The quantitative estimate of drug-likeness (QED) is 0.745. The Hall–Kier alpha value is -1.92. The van der Waals surface area contributed by atoms with E-state index in [0.29, 0.717) is 5.69 Å². The highest BCUT2D eigenvalue weighted by atomic mass is 35.5. The number of carbonyl (C=O) groups is 1. The van der Waals surface area contributed by atoms with Crippen molar-refractivity contribution in [3.8, 4) is 0 Å². The van der Waals surface area contributed by atoms with Crippen LogP contribution in [0.1, 0.15) is 22.3 Å². The third-order valence-corrected chi connectivity index (χ3v) is 5.14. The first-order chi connectivity index (χ1) is 12.1. The first kappa shape index (κ1) is 18.9. The number of aromatic carboxylic acids is 1. The zero-order valence-electron chi connectivity index (χ0n) is 13.4. The smallest absolute Gasteiger partial charge is 0.400 e. The average molecular weight is 404 g/mol. The summed E-state index contributed by atoms with van der Waals surface area (Å²) in [6, 6.07) is 9.79. The number of benzene rings is 2. The van der Waals surface area contributed by atoms with Crippen molar-refractivity contribution in [1.82, 2.24) is 0 Å². The maximum atomic E-state index is 14.0. The number of carboxylic acid groups (broad SMARTS) is 1. The van der Waals surface area contributed by atoms with Gasteiger partial charge in [-0.05, 0) is 54.4 Å². The maximum absolute atomic E-state index is 14.0. The van der Waals surface area contributed by atoms with Crippen molar-refractivity contribution in [2.45, 2.75) is 18.0 Å². The first-order valence-electron chi connectivity index (χ1n) is 7.74. The monoisotopic (exact) mass is 403 g/mol. The molecule has 2 aromatic rings. The molecule has 1 heterocycles. The van der Waals surface area contributed by atoms with E-state index in [1.165, 1.54) is 42.5 Å². The number of rotatable bonds is 3. The van der Waals surface area contributed by atoms with Gasteiger partial charge in [0, 0.05) is 28.8 Å². The van der Waals surface area contributed by atoms with Crippen molar-refractivity contribution in [2.75, 3.05) is 18.0 Å². The van der Waals surface area contributed by atoms with E-state index in [2.05, 4.69) is 0 Å². The third-order valence-electron chi connectivity index (χ3n) is 4.71. The highest BCUT2D eigenvalue weighted by Gasteiger charge is 2.59. The van der Waals surface area contributed by atoms with Gasteiger partial charge in [-0.15, -0.1) is 0 Å². The van der Waals surface area contributed by atoms with Crippen LogP contribution in [0.3, 0.4) is 0 Å². The van der Waals surface area contributed by atoms with Gasteiger partial charge in [-0.1, -0.05) is 23.2 Å². The van der Waals surface area contributed by atoms with Gasteiger partial charge in [-0.3, -0.25) is 0 Å². The summed E-state index contributed by atoms with van der Waals surface area (Å²) in [5.74, 6) is -1.09. The number of carboxylic acids is 1. The Morgan fingerprint density at radius 1 is 1.08 bits per heavy atom. The molecule has 1 aliphatic heterocycles. The zero-order valence-corrected chi connectivity index (χ0v) is 14.9. The Balaban J connectivity index is 1.97. The number of hydrogen-bond donors (Lipinski definition) is 1. The summed E-state index contributed by atoms with van der Waals surface area (Å²) in [4.78, 5) is 12.5. The van der Waals surface area contributed by atoms with Crippen molar-refractivity contribution in [3.63, 3.8) is 0 Å². The molecule has 3 nitrogen and oxygen atoms in total. The molecule has 1 unspecified atom stereocenters. The molecule has 0 spiro atoms. The second kappa shape index (κ2) is 6.67. The van der Waals surface area contributed by atoms with Gasteiger partial charge in [0.1, 0.15) is 5.41 Å². The average Bonchev–Trinajstić information content (AvgIpc) is 3.00. The fraction of sp³-hybridized carbons (Fsp3) is 0.278. The standard InChI is InChI=1S/C18H14Cl2F3NO2/c19-13-7-12(8-14(20)9-13)17(18(21,22)23)5-6-24(10-17)15-3-1-11(2-4-15)16(25)26/h1-4,7-9H,5-6,10H2,(H,25,26). The van der Waals surface area contributed by atoms with Crippen LogP contribution in [-0.2, 0) is 5.41 Å². The molecule has 0 amide bonds. The third kappa shape index (κ3) is 3.35. The van der Waals surface area contributed by atoms with Crippen molar-refractivity contribution in [2.24, 2.45) is 0 Å². The van der Waals surface area contributed by atoms with E-state index in [1.54, 1.807) is 4.90 Å². The Kier molecular flexibility index (Phi) is 4.84. The predicted molar refractivity (Wildman–Crippen MR) is 94.4 cm³/mol. The van der Waals surface area contributed by atoms with E-state index < -0.39 is 17.6 Å². The van der Waals surface area contributed by atoms with E-state index in [4.69, 9.17) is 28.3 Å². The van der Waals surface area contributed by atoms with Gasteiger partial charge in [0.25, 0.3) is 0 Å². The molecule has 1 aliphatic rings. The van der Waals surface area contributed by atoms with Crippen molar-refractivity contribution < 1.29 is 23.1 Å². The number of halogens is 5. The Labute approximate surface area is 157 Å². The summed E-state index contributed by atoms with van der Waals surface area (Å²) < 4.78 is 42.1. The SMILES string of the molecule is O=C(O)c1ccc(N2CCC(c3cc(Cl)cc(Cl)c3)(C(F)(F)F)C2)cc1. The second-order valence-corrected chi connectivity index (χ2v) is 7.13. The van der Waals surface area contributed by atoms with E-state index in [0.717, 1.165) is 0 Å². The predicted octanol–water partition coefficient (Wildman–Crippen LogP) is 5.40. The number of hydrogen-bond acceptors (Lipinski definition) is 2. The van der Waals surface area contributed by atoms with E-state index in [-0.39, 0.29) is 40.7 Å². The molecular weight excluding hydrogens is 390 g/mol. The van der Waals surface area contributed by atoms with Crippen LogP contribution in [0.4, 0.5) is 18.9 Å². The number of nitrogens with zero attached hydrogens (tertiary/aromatic N) is 1. The molecule has 0 radical (unpaired) electrons. The van der Waals surface area contributed by atoms with Gasteiger partial charge < -0.3 is 10.0 Å². The Morgan fingerprint density at radius 2 is 1.65 bits per heavy atom. The minimum absolute atomic E-state index is 0.0344. The lowest BCUT2D eigenvalue weighted by atomic mass is 9.79. The van der Waals surface area contributed by atoms with Crippen molar-refractivity contribution >= 4 is 34.9 Å². The summed E-state index contributed by atoms with van der Waals surface area (Å²) in [6.45, 7) is -0.115. The molecule has 1 N–H and O–H groups in total. The molecule has 0 bridgehead atoms. The molecule has 1 fully saturated rings. The van der Waals surface area contributed by atoms with Crippen molar-refractivity contribution in [1.29, 1.82) is 0 Å². The van der Waals surface area contributed by atoms with Gasteiger partial charge in [0.05, 0.1) is 5.56 Å². The molecular formula is C18H14Cl2F3NO2. The first-order valence-corrected chi connectivity index (χ1v) is 8.50. The lowest BCUT2D eigenvalue weighted by Gasteiger charge is -2.33. The van der Waals surface area contributed by atoms with Gasteiger partial charge in [0.15, 0.2) is 0 Å². The molecule has 0 saturated carbocycles. The molecule has 8 heteroatoms. The van der Waals surface area contributed by atoms with Crippen molar-refractivity contribution in [3.05, 3.63) is 63.6 Å². The molecule has 3 rings (SSSR count). The fourth-order valence-corrected chi connectivity index (χ4v) is 3.83. The van der Waals surface area contributed by atoms with Crippen LogP contribution in [0.5, 0.6) is 0 Å². The molecule has 138 valence electrons. The van der Waals surface area contributed by atoms with Crippen LogP contribution in [0.25, 0.3) is 0 Å². The Morgan fingerprint density at radius 3 is 2.15 bits per heavy atom. The summed E-state index contributed by atoms with van der Waals surface area (Å²) in [5.41, 5.74) is -1.44. The van der Waals surface area contributed by atoms with Gasteiger partial charge in [-0.25, -0.2) is 4.79 Å². The van der Waals surface area contributed by atoms with Crippen LogP contribution in [0, 0.1) is 0 Å². The van der Waals surface area contributed by atoms with Gasteiger partial charge in [0.2, 0.25) is 0 Å². The van der Waals surface area contributed by atoms with E-state index >= 15 is 0 Å². The lowest BCUT2D eigenvalue weighted by molar-refractivity contribution is -0.184. The molecule has 1 saturated heterocycles. The molecule has 2 aromatic carbocycles. The highest BCUT2D eigenvalue weighted by Crippen LogP contribution is 2.49. The second-order valence-electron chi connectivity index (χ2n) is 6.26. The van der Waals surface area contributed by atoms with Gasteiger partial charge >= 0.3 is 12.1 Å². The van der Waals surface area contributed by atoms with Crippen LogP contribution >= 0.6 is 23.2 Å². The van der Waals surface area contributed by atoms with Crippen LogP contribution in [0.2, 0.25) is 10.0 Å². The lowest BCUT2D eigenvalue weighted by Crippen LogP contribution is -2.44. The van der Waals surface area contributed by atoms with Crippen LogP contribution in [0.15, 0.2) is 42.5 Å². The van der Waals surface area contributed by atoms with Crippen LogP contribution in [-0.4, -0.2) is 30.3 Å². The van der Waals surface area contributed by atoms with Gasteiger partial charge in [-0.2, -0.15) is 13.2 Å². The minimum atomic E-state index is -4.49. The molecule has 26 heavy (non-hydrogen) atoms. The van der Waals surface area contributed by atoms with E-state index in [1.807, 2.05) is 0 Å². The maximum Gasteiger partial charge on any atom is 0.400 e. The normalized spacial score (nSPS) is 20.4. The zero-order chi connectivity index (χ0) is 19.1.